The quantitative estimate of drug-likeness (QED) is 0.484. The number of anilines is 1. The number of carbonyl (C=O) groups excluding carboxylic acids is 1. The van der Waals surface area contributed by atoms with Crippen LogP contribution in [-0.4, -0.2) is 51.5 Å². The number of halogens is 1. The minimum absolute atomic E-state index is 0.0826. The van der Waals surface area contributed by atoms with Crippen LogP contribution in [0.5, 0.6) is 5.75 Å². The number of hydrogen-bond acceptors (Lipinski definition) is 6. The molecule has 1 saturated carbocycles. The Balaban J connectivity index is 1.41. The number of aliphatic hydroxyl groups is 1. The minimum Gasteiger partial charge on any atom is -0.490 e. The maximum atomic E-state index is 13.1. The number of hydrogen-bond donors (Lipinski definition) is 2. The summed E-state index contributed by atoms with van der Waals surface area (Å²) in [5.74, 6) is 1.14. The highest BCUT2D eigenvalue weighted by Crippen LogP contribution is 2.47. The lowest BCUT2D eigenvalue weighted by molar-refractivity contribution is 0.0575. The number of nitrogens with zero attached hydrogens (tertiary/aromatic N) is 1. The van der Waals surface area contributed by atoms with E-state index in [0.29, 0.717) is 36.2 Å². The first kappa shape index (κ1) is 27.9. The van der Waals surface area contributed by atoms with Gasteiger partial charge in [0.1, 0.15) is 5.75 Å². The predicted molar refractivity (Wildman–Crippen MR) is 157 cm³/mol. The van der Waals surface area contributed by atoms with Gasteiger partial charge >= 0.3 is 0 Å². The Morgan fingerprint density at radius 3 is 2.75 bits per heavy atom. The van der Waals surface area contributed by atoms with Crippen molar-refractivity contribution in [3.05, 3.63) is 58.1 Å². The molecule has 216 valence electrons. The molecule has 0 unspecified atom stereocenters. The zero-order chi connectivity index (χ0) is 27.9. The molecule has 2 aromatic carbocycles. The van der Waals surface area contributed by atoms with Crippen LogP contribution in [0.1, 0.15) is 72.9 Å². The summed E-state index contributed by atoms with van der Waals surface area (Å²) < 4.78 is 34.2. The van der Waals surface area contributed by atoms with Gasteiger partial charge in [0.2, 0.25) is 10.0 Å². The second-order valence-corrected chi connectivity index (χ2v) is 14.6. The molecule has 2 bridgehead atoms. The third-order valence-electron chi connectivity index (χ3n) is 9.81. The molecule has 2 N–H and O–H groups in total. The first-order chi connectivity index (χ1) is 19.3. The van der Waals surface area contributed by atoms with Gasteiger partial charge in [-0.05, 0) is 104 Å². The van der Waals surface area contributed by atoms with Crippen LogP contribution >= 0.6 is 11.6 Å². The van der Waals surface area contributed by atoms with Gasteiger partial charge in [0, 0.05) is 35.7 Å². The van der Waals surface area contributed by atoms with Crippen LogP contribution in [0.15, 0.2) is 36.4 Å². The maximum absolute atomic E-state index is 13.1. The van der Waals surface area contributed by atoms with Gasteiger partial charge in [-0.25, -0.2) is 13.1 Å². The van der Waals surface area contributed by atoms with E-state index in [1.807, 2.05) is 12.1 Å². The Morgan fingerprint density at radius 2 is 1.95 bits per heavy atom. The van der Waals surface area contributed by atoms with Gasteiger partial charge in [-0.1, -0.05) is 30.5 Å². The molecule has 2 aromatic rings. The number of aliphatic hydroxyl groups excluding tert-OH is 1. The molecule has 0 saturated heterocycles. The number of fused-ring (bicyclic) bond motifs is 4. The first-order valence-corrected chi connectivity index (χ1v) is 16.8. The van der Waals surface area contributed by atoms with Crippen LogP contribution in [0, 0.1) is 17.8 Å². The lowest BCUT2D eigenvalue weighted by atomic mass is 9.65. The highest BCUT2D eigenvalue weighted by Gasteiger charge is 2.44. The summed E-state index contributed by atoms with van der Waals surface area (Å²) in [6.07, 6.45) is 8.28. The van der Waals surface area contributed by atoms with Crippen molar-refractivity contribution in [1.29, 1.82) is 0 Å². The van der Waals surface area contributed by atoms with Crippen molar-refractivity contribution in [2.24, 2.45) is 17.8 Å². The van der Waals surface area contributed by atoms with E-state index in [0.717, 1.165) is 75.2 Å². The highest BCUT2D eigenvalue weighted by molar-refractivity contribution is 7.90. The van der Waals surface area contributed by atoms with Gasteiger partial charge in [-0.2, -0.15) is 0 Å². The van der Waals surface area contributed by atoms with Crippen LogP contribution < -0.4 is 14.4 Å². The standard InChI is InChI=1S/C31H39ClN2O5S/c32-25-9-11-27-21(15-25)6-4-13-31(27)19-34-17-23-7-10-26(23)24(18-35)5-2-1-3-14-40(37,38)33-30(36)22-8-12-29(39-20-31)28(34)16-22/h8-9,11-12,15-16,23-24,26,35H,1-7,10,13-14,17-20H2,(H,33,36)/t23-,24-,26+,31-/m0/s1. The van der Waals surface area contributed by atoms with Crippen LogP contribution in [0.25, 0.3) is 0 Å². The molecule has 1 spiro atoms. The largest absolute Gasteiger partial charge is 0.490 e. The number of carbonyl (C=O) groups is 1. The number of rotatable bonds is 1. The SMILES string of the molecule is O=C1NS(=O)(=O)CCCCC[C@@H](CO)[C@@H]2CC[C@H]2CN2C[C@@]3(CCCc4cc(Cl)ccc43)COc3ccc1cc32. The molecule has 9 heteroatoms. The van der Waals surface area contributed by atoms with Crippen LogP contribution in [0.2, 0.25) is 5.02 Å². The van der Waals surface area contributed by atoms with Crippen molar-refractivity contribution in [3.63, 3.8) is 0 Å². The summed E-state index contributed by atoms with van der Waals surface area (Å²) in [6.45, 7) is 2.24. The number of ether oxygens (including phenoxy) is 1. The highest BCUT2D eigenvalue weighted by atomic mass is 35.5. The molecule has 2 aliphatic carbocycles. The Morgan fingerprint density at radius 1 is 1.07 bits per heavy atom. The lowest BCUT2D eigenvalue weighted by Gasteiger charge is -2.46. The summed E-state index contributed by atoms with van der Waals surface area (Å²) in [7, 11) is -3.74. The van der Waals surface area contributed by atoms with Gasteiger partial charge in [0.25, 0.3) is 5.91 Å². The summed E-state index contributed by atoms with van der Waals surface area (Å²) in [5, 5.41) is 11.0. The molecule has 4 aliphatic rings. The zero-order valence-corrected chi connectivity index (χ0v) is 24.5. The van der Waals surface area contributed by atoms with Crippen molar-refractivity contribution in [2.45, 2.75) is 63.2 Å². The molecule has 40 heavy (non-hydrogen) atoms. The van der Waals surface area contributed by atoms with Crippen molar-refractivity contribution >= 4 is 33.2 Å². The third kappa shape index (κ3) is 5.47. The van der Waals surface area contributed by atoms with Gasteiger partial charge in [0.15, 0.2) is 0 Å². The fraction of sp³-hybridized carbons (Fsp3) is 0.581. The molecule has 1 amide bonds. The van der Waals surface area contributed by atoms with Crippen LogP contribution in [0.4, 0.5) is 5.69 Å². The molecule has 2 heterocycles. The van der Waals surface area contributed by atoms with Gasteiger partial charge in [-0.3, -0.25) is 4.79 Å². The maximum Gasteiger partial charge on any atom is 0.264 e. The average molecular weight is 587 g/mol. The van der Waals surface area contributed by atoms with Crippen molar-refractivity contribution in [3.8, 4) is 5.75 Å². The van der Waals surface area contributed by atoms with E-state index in [1.165, 1.54) is 11.1 Å². The third-order valence-corrected chi connectivity index (χ3v) is 11.4. The zero-order valence-electron chi connectivity index (χ0n) is 22.9. The molecule has 4 atom stereocenters. The second kappa shape index (κ2) is 11.2. The Kier molecular flexibility index (Phi) is 7.79. The Labute approximate surface area is 242 Å². The summed E-state index contributed by atoms with van der Waals surface area (Å²) >= 11 is 6.38. The number of nitrogens with one attached hydrogen (secondary N) is 1. The smallest absolute Gasteiger partial charge is 0.264 e. The second-order valence-electron chi connectivity index (χ2n) is 12.3. The minimum atomic E-state index is -3.74. The van der Waals surface area contributed by atoms with E-state index in [-0.39, 0.29) is 23.7 Å². The van der Waals surface area contributed by atoms with Crippen LogP contribution in [-0.2, 0) is 21.9 Å². The Bertz CT molecular complexity index is 1380. The molecule has 7 nitrogen and oxygen atoms in total. The molecule has 1 fully saturated rings. The first-order valence-electron chi connectivity index (χ1n) is 14.7. The molecule has 0 aromatic heterocycles. The van der Waals surface area contributed by atoms with Crippen molar-refractivity contribution < 1.29 is 23.1 Å². The number of aryl methyl sites for hydroxylation is 1. The molecule has 6 rings (SSSR count). The lowest BCUT2D eigenvalue weighted by Crippen LogP contribution is -2.49. The van der Waals surface area contributed by atoms with E-state index in [2.05, 4.69) is 21.8 Å². The predicted octanol–water partition coefficient (Wildman–Crippen LogP) is 5.08. The summed E-state index contributed by atoms with van der Waals surface area (Å²) in [5.41, 5.74) is 3.48. The monoisotopic (exact) mass is 586 g/mol. The molecular formula is C31H39ClN2O5S. The van der Waals surface area contributed by atoms with Crippen molar-refractivity contribution in [1.82, 2.24) is 4.72 Å². The molecule has 2 aliphatic heterocycles. The van der Waals surface area contributed by atoms with E-state index < -0.39 is 15.9 Å². The Hall–Kier alpha value is -2.29. The van der Waals surface area contributed by atoms with Crippen molar-refractivity contribution in [2.75, 3.05) is 37.0 Å². The number of sulfonamides is 1. The van der Waals surface area contributed by atoms with E-state index in [1.54, 1.807) is 12.1 Å². The molecule has 0 radical (unpaired) electrons. The van der Waals surface area contributed by atoms with E-state index in [9.17, 15) is 18.3 Å². The summed E-state index contributed by atoms with van der Waals surface area (Å²) in [4.78, 5) is 15.5. The topological polar surface area (TPSA) is 95.9 Å². The number of benzene rings is 2. The van der Waals surface area contributed by atoms with Gasteiger partial charge < -0.3 is 14.7 Å². The van der Waals surface area contributed by atoms with Gasteiger partial charge in [0.05, 0.1) is 18.0 Å². The number of amides is 1. The van der Waals surface area contributed by atoms with E-state index in [4.69, 9.17) is 16.3 Å². The van der Waals surface area contributed by atoms with E-state index >= 15 is 0 Å². The molecular weight excluding hydrogens is 548 g/mol. The fourth-order valence-corrected chi connectivity index (χ4v) is 8.83. The van der Waals surface area contributed by atoms with Gasteiger partial charge in [-0.15, -0.1) is 0 Å². The van der Waals surface area contributed by atoms with Crippen LogP contribution in [0.3, 0.4) is 0 Å². The average Bonchev–Trinajstić information content (AvgIpc) is 3.06. The normalized spacial score (nSPS) is 30.2. The fourth-order valence-electron chi connectivity index (χ4n) is 7.55. The summed E-state index contributed by atoms with van der Waals surface area (Å²) in [6, 6.07) is 11.5.